The predicted octanol–water partition coefficient (Wildman–Crippen LogP) is 2.64. The van der Waals surface area contributed by atoms with Crippen molar-refractivity contribution in [1.82, 2.24) is 9.97 Å². The summed E-state index contributed by atoms with van der Waals surface area (Å²) >= 11 is 0. The maximum atomic E-state index is 9.90. The van der Waals surface area contributed by atoms with Gasteiger partial charge in [0.05, 0.1) is 24.4 Å². The number of aliphatic imine (C=N–C) groups is 1. The first-order chi connectivity index (χ1) is 13.3. The fourth-order valence-corrected chi connectivity index (χ4v) is 2.38. The molecule has 0 bridgehead atoms. The number of methoxy groups -OCH3 is 1. The first-order valence-corrected chi connectivity index (χ1v) is 9.26. The number of likely N-dealkylation sites (N-methyl/N-ethyl adjacent to an activating group) is 1. The van der Waals surface area contributed by atoms with E-state index < -0.39 is 5.60 Å². The van der Waals surface area contributed by atoms with Crippen molar-refractivity contribution >= 4 is 12.0 Å². The zero-order valence-corrected chi connectivity index (χ0v) is 17.3. The van der Waals surface area contributed by atoms with Crippen LogP contribution in [0.15, 0.2) is 35.3 Å². The largest absolute Gasteiger partial charge is 0.460 e. The summed E-state index contributed by atoms with van der Waals surface area (Å²) in [4.78, 5) is 15.3. The Hall–Kier alpha value is -2.51. The summed E-state index contributed by atoms with van der Waals surface area (Å²) < 4.78 is 10.7. The van der Waals surface area contributed by atoms with Crippen LogP contribution in [-0.2, 0) is 11.3 Å². The van der Waals surface area contributed by atoms with Gasteiger partial charge in [-0.25, -0.2) is 0 Å². The van der Waals surface area contributed by atoms with Crippen LogP contribution in [-0.4, -0.2) is 60.8 Å². The second kappa shape index (κ2) is 10.1. The number of benzene rings is 1. The number of hydrogen-bond donors (Lipinski definition) is 1. The third-order valence-corrected chi connectivity index (χ3v) is 3.86. The van der Waals surface area contributed by atoms with Gasteiger partial charge in [0.1, 0.15) is 12.4 Å². The van der Waals surface area contributed by atoms with E-state index in [2.05, 4.69) is 34.0 Å². The number of anilines is 1. The van der Waals surface area contributed by atoms with Gasteiger partial charge >= 0.3 is 6.01 Å². The molecule has 1 heterocycles. The van der Waals surface area contributed by atoms with Crippen LogP contribution in [0.4, 0.5) is 5.82 Å². The number of ether oxygens (including phenoxy) is 2. The maximum Gasteiger partial charge on any atom is 0.318 e. The average molecular weight is 386 g/mol. The summed E-state index contributed by atoms with van der Waals surface area (Å²) in [5.74, 6) is 0.721. The summed E-state index contributed by atoms with van der Waals surface area (Å²) in [6.07, 6.45) is 1.83. The Morgan fingerprint density at radius 3 is 2.71 bits per heavy atom. The molecule has 0 spiro atoms. The van der Waals surface area contributed by atoms with Gasteiger partial charge in [-0.15, -0.1) is 0 Å². The molecule has 1 aromatic heterocycles. The third kappa shape index (κ3) is 7.62. The lowest BCUT2D eigenvalue weighted by Gasteiger charge is -2.20. The van der Waals surface area contributed by atoms with Crippen molar-refractivity contribution in [2.24, 2.45) is 4.99 Å². The molecule has 0 aliphatic heterocycles. The lowest BCUT2D eigenvalue weighted by Crippen LogP contribution is -2.29. The quantitative estimate of drug-likeness (QED) is 0.633. The van der Waals surface area contributed by atoms with Gasteiger partial charge in [0.2, 0.25) is 0 Å². The van der Waals surface area contributed by atoms with Crippen molar-refractivity contribution in [2.75, 3.05) is 38.8 Å². The van der Waals surface area contributed by atoms with Gasteiger partial charge < -0.3 is 19.5 Å². The summed E-state index contributed by atoms with van der Waals surface area (Å²) in [7, 11) is 3.60. The molecule has 2 aromatic rings. The van der Waals surface area contributed by atoms with Gasteiger partial charge in [-0.3, -0.25) is 4.99 Å². The smallest absolute Gasteiger partial charge is 0.318 e. The molecule has 7 heteroatoms. The number of hydrogen-bond acceptors (Lipinski definition) is 7. The van der Waals surface area contributed by atoms with Gasteiger partial charge in [0.15, 0.2) is 0 Å². The lowest BCUT2D eigenvalue weighted by molar-refractivity contribution is 0.0249. The van der Waals surface area contributed by atoms with Crippen molar-refractivity contribution in [3.05, 3.63) is 47.2 Å². The molecule has 28 heavy (non-hydrogen) atoms. The number of aromatic nitrogens is 2. The second-order valence-electron chi connectivity index (χ2n) is 7.40. The standard InChI is InChI=1S/C21H30N4O3/c1-16-7-6-8-17(11-16)13-22-14-18-12-19(25(4)9-10-27-5)24-20(23-18)28-15-21(2,3)26/h6-8,11-13,26H,9-10,14-15H2,1-5H3. The zero-order valence-electron chi connectivity index (χ0n) is 17.3. The molecule has 0 saturated carbocycles. The van der Waals surface area contributed by atoms with Crippen LogP contribution >= 0.6 is 0 Å². The van der Waals surface area contributed by atoms with E-state index in [0.717, 1.165) is 17.1 Å². The van der Waals surface area contributed by atoms with Crippen LogP contribution in [0.25, 0.3) is 0 Å². The average Bonchev–Trinajstić information content (AvgIpc) is 2.64. The third-order valence-electron chi connectivity index (χ3n) is 3.86. The molecule has 0 aliphatic carbocycles. The molecule has 1 aromatic carbocycles. The molecule has 1 N–H and O–H groups in total. The van der Waals surface area contributed by atoms with Gasteiger partial charge in [-0.1, -0.05) is 29.8 Å². The zero-order chi connectivity index (χ0) is 20.6. The van der Waals surface area contributed by atoms with E-state index >= 15 is 0 Å². The molecule has 0 saturated heterocycles. The van der Waals surface area contributed by atoms with Crippen LogP contribution in [0, 0.1) is 6.92 Å². The van der Waals surface area contributed by atoms with Crippen molar-refractivity contribution in [1.29, 1.82) is 0 Å². The molecular formula is C21H30N4O3. The normalized spacial score (nSPS) is 11.8. The minimum atomic E-state index is -0.967. The number of rotatable bonds is 10. The highest BCUT2D eigenvalue weighted by molar-refractivity contribution is 5.79. The van der Waals surface area contributed by atoms with Gasteiger partial charge in [0.25, 0.3) is 0 Å². The summed E-state index contributed by atoms with van der Waals surface area (Å²) in [5.41, 5.74) is 2.01. The van der Waals surface area contributed by atoms with E-state index in [-0.39, 0.29) is 12.6 Å². The molecule has 0 atom stereocenters. The van der Waals surface area contributed by atoms with E-state index in [4.69, 9.17) is 9.47 Å². The Morgan fingerprint density at radius 1 is 1.25 bits per heavy atom. The van der Waals surface area contributed by atoms with E-state index in [9.17, 15) is 5.11 Å². The molecule has 0 aliphatic rings. The van der Waals surface area contributed by atoms with E-state index in [1.165, 1.54) is 5.56 Å². The fraction of sp³-hybridized carbons (Fsp3) is 0.476. The Kier molecular flexibility index (Phi) is 7.90. The number of aliphatic hydroxyl groups is 1. The number of aryl methyl sites for hydroxylation is 1. The predicted molar refractivity (Wildman–Crippen MR) is 111 cm³/mol. The molecule has 0 fully saturated rings. The molecule has 0 radical (unpaired) electrons. The SMILES string of the molecule is COCCN(C)c1cc(CN=Cc2cccc(C)c2)nc(OCC(C)(C)O)n1. The second-order valence-corrected chi connectivity index (χ2v) is 7.40. The van der Waals surface area contributed by atoms with Crippen LogP contribution in [0.3, 0.4) is 0 Å². The molecule has 2 rings (SSSR count). The van der Waals surface area contributed by atoms with E-state index in [0.29, 0.717) is 19.7 Å². The summed E-state index contributed by atoms with van der Waals surface area (Å²) in [5, 5.41) is 9.90. The Balaban J connectivity index is 2.17. The summed E-state index contributed by atoms with van der Waals surface area (Å²) in [6, 6.07) is 10.3. The van der Waals surface area contributed by atoms with Crippen LogP contribution in [0.2, 0.25) is 0 Å². The molecule has 152 valence electrons. The van der Waals surface area contributed by atoms with Gasteiger partial charge in [0, 0.05) is 33.0 Å². The molecule has 0 unspecified atom stereocenters. The van der Waals surface area contributed by atoms with Crippen molar-refractivity contribution in [2.45, 2.75) is 32.9 Å². The highest BCUT2D eigenvalue weighted by atomic mass is 16.5. The highest BCUT2D eigenvalue weighted by Gasteiger charge is 2.16. The maximum absolute atomic E-state index is 9.90. The Morgan fingerprint density at radius 2 is 2.04 bits per heavy atom. The fourth-order valence-electron chi connectivity index (χ4n) is 2.38. The van der Waals surface area contributed by atoms with Crippen LogP contribution < -0.4 is 9.64 Å². The van der Waals surface area contributed by atoms with E-state index in [1.807, 2.05) is 36.4 Å². The Labute approximate surface area is 167 Å². The van der Waals surface area contributed by atoms with Crippen molar-refractivity contribution in [3.8, 4) is 6.01 Å². The molecular weight excluding hydrogens is 356 g/mol. The minimum absolute atomic E-state index is 0.101. The summed E-state index contributed by atoms with van der Waals surface area (Å²) in [6.45, 7) is 7.18. The Bertz CT molecular complexity index is 787. The minimum Gasteiger partial charge on any atom is -0.460 e. The first-order valence-electron chi connectivity index (χ1n) is 9.26. The lowest BCUT2D eigenvalue weighted by atomic mass is 10.1. The number of nitrogens with zero attached hydrogens (tertiary/aromatic N) is 4. The van der Waals surface area contributed by atoms with Crippen molar-refractivity contribution in [3.63, 3.8) is 0 Å². The van der Waals surface area contributed by atoms with Crippen LogP contribution in [0.1, 0.15) is 30.7 Å². The highest BCUT2D eigenvalue weighted by Crippen LogP contribution is 2.17. The van der Waals surface area contributed by atoms with Gasteiger partial charge in [-0.05, 0) is 26.3 Å². The topological polar surface area (TPSA) is 80.1 Å². The molecule has 0 amide bonds. The van der Waals surface area contributed by atoms with Crippen molar-refractivity contribution < 1.29 is 14.6 Å². The van der Waals surface area contributed by atoms with Gasteiger partial charge in [-0.2, -0.15) is 9.97 Å². The van der Waals surface area contributed by atoms with E-state index in [1.54, 1.807) is 21.0 Å². The first kappa shape index (κ1) is 21.8. The monoisotopic (exact) mass is 386 g/mol. The van der Waals surface area contributed by atoms with Crippen LogP contribution in [0.5, 0.6) is 6.01 Å². The molecule has 7 nitrogen and oxygen atoms in total.